The summed E-state index contributed by atoms with van der Waals surface area (Å²) in [5.74, 6) is -0.342. The third kappa shape index (κ3) is 3.48. The molecule has 2 aliphatic heterocycles. The molecule has 0 spiro atoms. The van der Waals surface area contributed by atoms with E-state index < -0.39 is 0 Å². The summed E-state index contributed by atoms with van der Waals surface area (Å²) in [6, 6.07) is 0. The van der Waals surface area contributed by atoms with Gasteiger partial charge in [0.05, 0.1) is 18.4 Å². The normalized spacial score (nSPS) is 30.6. The molecule has 0 aromatic heterocycles. The molecule has 3 aliphatic rings. The fourth-order valence-electron chi connectivity index (χ4n) is 4.33. The van der Waals surface area contributed by atoms with E-state index in [-0.39, 0.29) is 36.1 Å². The quantitative estimate of drug-likeness (QED) is 0.713. The second-order valence-electron chi connectivity index (χ2n) is 7.27. The SMILES string of the molecule is CCOC[C@@H]1CCCN(C(=O)CN2C(=O)[C@H]3CCCC[C@@H]3C2=O)C1. The van der Waals surface area contributed by atoms with Gasteiger partial charge in [-0.15, -0.1) is 0 Å². The third-order valence-electron chi connectivity index (χ3n) is 5.66. The Morgan fingerprint density at radius 3 is 2.38 bits per heavy atom. The monoisotopic (exact) mass is 336 g/mol. The van der Waals surface area contributed by atoms with Gasteiger partial charge in [-0.05, 0) is 38.5 Å². The summed E-state index contributed by atoms with van der Waals surface area (Å²) in [4.78, 5) is 40.6. The number of rotatable bonds is 5. The Morgan fingerprint density at radius 2 is 1.75 bits per heavy atom. The van der Waals surface area contributed by atoms with Crippen LogP contribution < -0.4 is 0 Å². The van der Waals surface area contributed by atoms with Crippen molar-refractivity contribution >= 4 is 17.7 Å². The Kier molecular flexibility index (Phi) is 5.54. The van der Waals surface area contributed by atoms with Gasteiger partial charge < -0.3 is 9.64 Å². The molecule has 134 valence electrons. The number of nitrogens with zero attached hydrogens (tertiary/aromatic N) is 2. The van der Waals surface area contributed by atoms with E-state index in [4.69, 9.17) is 4.74 Å². The van der Waals surface area contributed by atoms with Gasteiger partial charge in [-0.2, -0.15) is 0 Å². The van der Waals surface area contributed by atoms with E-state index in [0.717, 1.165) is 38.5 Å². The molecule has 3 amide bonds. The molecule has 3 fully saturated rings. The number of hydrogen-bond acceptors (Lipinski definition) is 4. The molecule has 24 heavy (non-hydrogen) atoms. The minimum Gasteiger partial charge on any atom is -0.381 e. The molecule has 3 atom stereocenters. The van der Waals surface area contributed by atoms with E-state index in [2.05, 4.69) is 0 Å². The predicted octanol–water partition coefficient (Wildman–Crippen LogP) is 1.44. The third-order valence-corrected chi connectivity index (χ3v) is 5.66. The first-order chi connectivity index (χ1) is 11.6. The molecule has 6 heteroatoms. The van der Waals surface area contributed by atoms with Crippen molar-refractivity contribution in [1.82, 2.24) is 9.80 Å². The highest BCUT2D eigenvalue weighted by molar-refractivity contribution is 6.07. The number of carbonyl (C=O) groups is 3. The van der Waals surface area contributed by atoms with Crippen molar-refractivity contribution in [3.8, 4) is 0 Å². The number of imide groups is 1. The van der Waals surface area contributed by atoms with Gasteiger partial charge in [0.2, 0.25) is 17.7 Å². The number of ether oxygens (including phenoxy) is 1. The predicted molar refractivity (Wildman–Crippen MR) is 88.0 cm³/mol. The van der Waals surface area contributed by atoms with Crippen LogP contribution in [0.4, 0.5) is 0 Å². The van der Waals surface area contributed by atoms with E-state index in [1.165, 1.54) is 4.90 Å². The highest BCUT2D eigenvalue weighted by atomic mass is 16.5. The van der Waals surface area contributed by atoms with Gasteiger partial charge >= 0.3 is 0 Å². The van der Waals surface area contributed by atoms with Crippen molar-refractivity contribution in [3.05, 3.63) is 0 Å². The highest BCUT2D eigenvalue weighted by Gasteiger charge is 2.48. The largest absolute Gasteiger partial charge is 0.381 e. The molecule has 6 nitrogen and oxygen atoms in total. The average Bonchev–Trinajstić information content (AvgIpc) is 2.85. The number of hydrogen-bond donors (Lipinski definition) is 0. The van der Waals surface area contributed by atoms with Gasteiger partial charge in [-0.1, -0.05) is 12.8 Å². The van der Waals surface area contributed by atoms with Gasteiger partial charge in [0.1, 0.15) is 6.54 Å². The summed E-state index contributed by atoms with van der Waals surface area (Å²) >= 11 is 0. The molecule has 0 N–H and O–H groups in total. The average molecular weight is 336 g/mol. The molecule has 3 rings (SSSR count). The Bertz CT molecular complexity index is 483. The topological polar surface area (TPSA) is 66.9 Å². The van der Waals surface area contributed by atoms with Crippen LogP contribution in [-0.4, -0.2) is 60.4 Å². The Morgan fingerprint density at radius 1 is 1.08 bits per heavy atom. The first-order valence-electron chi connectivity index (χ1n) is 9.32. The zero-order valence-electron chi connectivity index (χ0n) is 14.5. The maximum atomic E-state index is 12.6. The van der Waals surface area contributed by atoms with Crippen molar-refractivity contribution in [2.24, 2.45) is 17.8 Å². The fraction of sp³-hybridized carbons (Fsp3) is 0.833. The molecular formula is C18H28N2O4. The lowest BCUT2D eigenvalue weighted by Crippen LogP contribution is -2.47. The van der Waals surface area contributed by atoms with Crippen LogP contribution in [0.1, 0.15) is 45.4 Å². The fourth-order valence-corrected chi connectivity index (χ4v) is 4.33. The van der Waals surface area contributed by atoms with Crippen molar-refractivity contribution in [2.45, 2.75) is 45.4 Å². The summed E-state index contributed by atoms with van der Waals surface area (Å²) < 4.78 is 5.48. The van der Waals surface area contributed by atoms with E-state index in [0.29, 0.717) is 32.2 Å². The zero-order chi connectivity index (χ0) is 17.1. The molecule has 0 radical (unpaired) electrons. The van der Waals surface area contributed by atoms with Crippen LogP contribution in [0, 0.1) is 17.8 Å². The van der Waals surface area contributed by atoms with Gasteiger partial charge in [0, 0.05) is 19.7 Å². The van der Waals surface area contributed by atoms with Crippen LogP contribution in [0.15, 0.2) is 0 Å². The van der Waals surface area contributed by atoms with E-state index in [9.17, 15) is 14.4 Å². The van der Waals surface area contributed by atoms with Gasteiger partial charge in [-0.25, -0.2) is 0 Å². The molecule has 0 unspecified atom stereocenters. The molecule has 0 aromatic carbocycles. The van der Waals surface area contributed by atoms with Crippen LogP contribution in [0.3, 0.4) is 0 Å². The van der Waals surface area contributed by atoms with Crippen LogP contribution in [0.5, 0.6) is 0 Å². The lowest BCUT2D eigenvalue weighted by Gasteiger charge is -2.33. The van der Waals surface area contributed by atoms with Crippen LogP contribution in [-0.2, 0) is 19.1 Å². The lowest BCUT2D eigenvalue weighted by atomic mass is 9.81. The molecule has 1 aliphatic carbocycles. The standard InChI is InChI=1S/C18H28N2O4/c1-2-24-12-13-6-5-9-19(10-13)16(21)11-20-17(22)14-7-3-4-8-15(14)18(20)23/h13-15H,2-12H2,1H3/t13-,14+,15+/m1/s1. The summed E-state index contributed by atoms with van der Waals surface area (Å²) in [5, 5.41) is 0. The molecule has 1 saturated carbocycles. The van der Waals surface area contributed by atoms with Gasteiger partial charge in [-0.3, -0.25) is 19.3 Å². The Labute approximate surface area is 143 Å². The van der Waals surface area contributed by atoms with Crippen molar-refractivity contribution in [1.29, 1.82) is 0 Å². The molecule has 0 bridgehead atoms. The summed E-state index contributed by atoms with van der Waals surface area (Å²) in [5.41, 5.74) is 0. The molecular weight excluding hydrogens is 308 g/mol. The maximum Gasteiger partial charge on any atom is 0.242 e. The number of amides is 3. The van der Waals surface area contributed by atoms with Crippen molar-refractivity contribution < 1.29 is 19.1 Å². The first-order valence-corrected chi connectivity index (χ1v) is 9.32. The maximum absolute atomic E-state index is 12.6. The first kappa shape index (κ1) is 17.4. The molecule has 0 aromatic rings. The summed E-state index contributed by atoms with van der Waals surface area (Å²) in [7, 11) is 0. The Hall–Kier alpha value is -1.43. The van der Waals surface area contributed by atoms with Crippen LogP contribution in [0.2, 0.25) is 0 Å². The summed E-state index contributed by atoms with van der Waals surface area (Å²) in [6.07, 6.45) is 5.62. The van der Waals surface area contributed by atoms with Crippen LogP contribution in [0.25, 0.3) is 0 Å². The molecule has 2 heterocycles. The summed E-state index contributed by atoms with van der Waals surface area (Å²) in [6.45, 7) is 4.63. The highest BCUT2D eigenvalue weighted by Crippen LogP contribution is 2.37. The van der Waals surface area contributed by atoms with Gasteiger partial charge in [0.25, 0.3) is 0 Å². The second kappa shape index (κ2) is 7.64. The number of carbonyl (C=O) groups excluding carboxylic acids is 3. The lowest BCUT2D eigenvalue weighted by molar-refractivity contribution is -0.147. The van der Waals surface area contributed by atoms with E-state index in [1.54, 1.807) is 4.90 Å². The van der Waals surface area contributed by atoms with Gasteiger partial charge in [0.15, 0.2) is 0 Å². The minimum absolute atomic E-state index is 0.0774. The van der Waals surface area contributed by atoms with Crippen molar-refractivity contribution in [2.75, 3.05) is 32.8 Å². The van der Waals surface area contributed by atoms with Crippen LogP contribution >= 0.6 is 0 Å². The zero-order valence-corrected chi connectivity index (χ0v) is 14.5. The number of fused-ring (bicyclic) bond motifs is 1. The number of piperidine rings is 1. The molecule has 2 saturated heterocycles. The smallest absolute Gasteiger partial charge is 0.242 e. The van der Waals surface area contributed by atoms with E-state index in [1.807, 2.05) is 6.92 Å². The van der Waals surface area contributed by atoms with E-state index >= 15 is 0 Å². The minimum atomic E-state index is -0.175. The number of likely N-dealkylation sites (tertiary alicyclic amines) is 2. The van der Waals surface area contributed by atoms with Crippen molar-refractivity contribution in [3.63, 3.8) is 0 Å². The Balaban J connectivity index is 1.58. The second-order valence-corrected chi connectivity index (χ2v) is 7.27.